The van der Waals surface area contributed by atoms with Crippen LogP contribution in [0.2, 0.25) is 0 Å². The van der Waals surface area contributed by atoms with E-state index in [0.717, 1.165) is 18.7 Å². The van der Waals surface area contributed by atoms with Crippen LogP contribution in [-0.2, 0) is 6.54 Å². The minimum atomic E-state index is 0.374. The van der Waals surface area contributed by atoms with Gasteiger partial charge in [0.05, 0.1) is 7.11 Å². The van der Waals surface area contributed by atoms with Gasteiger partial charge in [-0.3, -0.25) is 0 Å². The smallest absolute Gasteiger partial charge is 0.118 e. The lowest BCUT2D eigenvalue weighted by Crippen LogP contribution is -2.20. The van der Waals surface area contributed by atoms with E-state index >= 15 is 0 Å². The summed E-state index contributed by atoms with van der Waals surface area (Å²) in [5, 5.41) is 3.55. The third-order valence-corrected chi connectivity index (χ3v) is 3.13. The molecule has 0 amide bonds. The number of hydrogen-bond donors (Lipinski definition) is 2. The van der Waals surface area contributed by atoms with Crippen molar-refractivity contribution in [1.29, 1.82) is 0 Å². The third kappa shape index (κ3) is 3.14. The van der Waals surface area contributed by atoms with Crippen molar-refractivity contribution in [2.24, 2.45) is 0 Å². The molecule has 0 fully saturated rings. The average Bonchev–Trinajstić information content (AvgIpc) is 2.93. The molecule has 3 heteroatoms. The Morgan fingerprint density at radius 2 is 2.00 bits per heavy atom. The highest BCUT2D eigenvalue weighted by molar-refractivity contribution is 5.29. The van der Waals surface area contributed by atoms with Crippen LogP contribution in [0.4, 0.5) is 0 Å². The van der Waals surface area contributed by atoms with Crippen molar-refractivity contribution >= 4 is 0 Å². The van der Waals surface area contributed by atoms with Crippen molar-refractivity contribution < 1.29 is 4.74 Å². The zero-order valence-corrected chi connectivity index (χ0v) is 10.9. The van der Waals surface area contributed by atoms with Gasteiger partial charge >= 0.3 is 0 Å². The molecule has 0 bridgehead atoms. The molecule has 1 heterocycles. The van der Waals surface area contributed by atoms with Gasteiger partial charge in [-0.2, -0.15) is 0 Å². The van der Waals surface area contributed by atoms with Crippen LogP contribution in [0.1, 0.15) is 30.6 Å². The van der Waals surface area contributed by atoms with Crippen molar-refractivity contribution in [3.8, 4) is 5.75 Å². The number of ether oxygens (including phenoxy) is 1. The topological polar surface area (TPSA) is 37.0 Å². The van der Waals surface area contributed by atoms with Crippen LogP contribution in [0.3, 0.4) is 0 Å². The van der Waals surface area contributed by atoms with Crippen molar-refractivity contribution in [2.45, 2.75) is 25.9 Å². The number of benzene rings is 1. The lowest BCUT2D eigenvalue weighted by molar-refractivity contribution is 0.414. The fraction of sp³-hybridized carbons (Fsp3) is 0.333. The number of aromatic amines is 1. The van der Waals surface area contributed by atoms with Crippen LogP contribution >= 0.6 is 0 Å². The molecule has 1 atom stereocenters. The molecular weight excluding hydrogens is 224 g/mol. The number of nitrogens with one attached hydrogen (secondary N) is 2. The molecule has 0 aliphatic carbocycles. The van der Waals surface area contributed by atoms with Crippen molar-refractivity contribution in [2.75, 3.05) is 7.11 Å². The van der Waals surface area contributed by atoms with Gasteiger partial charge in [0.15, 0.2) is 0 Å². The van der Waals surface area contributed by atoms with E-state index < -0.39 is 0 Å². The van der Waals surface area contributed by atoms with Gasteiger partial charge in [-0.05, 0) is 36.2 Å². The van der Waals surface area contributed by atoms with Crippen LogP contribution in [0, 0.1) is 0 Å². The summed E-state index contributed by atoms with van der Waals surface area (Å²) in [5.41, 5.74) is 2.51. The quantitative estimate of drug-likeness (QED) is 0.818. The monoisotopic (exact) mass is 244 g/mol. The summed E-state index contributed by atoms with van der Waals surface area (Å²) in [6, 6.07) is 12.7. The van der Waals surface area contributed by atoms with Crippen molar-refractivity contribution in [3.05, 3.63) is 53.9 Å². The Morgan fingerprint density at radius 1 is 1.22 bits per heavy atom. The molecule has 18 heavy (non-hydrogen) atoms. The van der Waals surface area contributed by atoms with E-state index in [-0.39, 0.29) is 0 Å². The van der Waals surface area contributed by atoms with Crippen LogP contribution < -0.4 is 10.1 Å². The molecule has 0 spiro atoms. The summed E-state index contributed by atoms with van der Waals surface area (Å²) in [4.78, 5) is 3.20. The van der Waals surface area contributed by atoms with Gasteiger partial charge in [0.25, 0.3) is 0 Å². The summed E-state index contributed by atoms with van der Waals surface area (Å²) < 4.78 is 5.18. The fourth-order valence-corrected chi connectivity index (χ4v) is 2.04. The summed E-state index contributed by atoms with van der Waals surface area (Å²) in [6.07, 6.45) is 3.01. The Labute approximate surface area is 108 Å². The molecule has 96 valence electrons. The van der Waals surface area contributed by atoms with E-state index in [9.17, 15) is 0 Å². The van der Waals surface area contributed by atoms with E-state index in [4.69, 9.17) is 4.74 Å². The first-order valence-corrected chi connectivity index (χ1v) is 6.33. The molecule has 0 saturated carbocycles. The number of H-pyrrole nitrogens is 1. The van der Waals surface area contributed by atoms with Gasteiger partial charge < -0.3 is 15.0 Å². The van der Waals surface area contributed by atoms with Crippen LogP contribution in [0.5, 0.6) is 5.75 Å². The van der Waals surface area contributed by atoms with E-state index in [1.807, 2.05) is 24.4 Å². The highest BCUT2D eigenvalue weighted by Gasteiger charge is 2.08. The first-order chi connectivity index (χ1) is 8.83. The van der Waals surface area contributed by atoms with Gasteiger partial charge in [0.1, 0.15) is 5.75 Å². The molecule has 0 radical (unpaired) electrons. The summed E-state index contributed by atoms with van der Waals surface area (Å²) in [6.45, 7) is 3.05. The van der Waals surface area contributed by atoms with Gasteiger partial charge in [0, 0.05) is 24.5 Å². The van der Waals surface area contributed by atoms with Gasteiger partial charge in [0.2, 0.25) is 0 Å². The molecule has 0 saturated heterocycles. The number of hydrogen-bond acceptors (Lipinski definition) is 2. The Balaban J connectivity index is 1.98. The SMILES string of the molecule is CCC(NCc1ccc[nH]1)c1ccc(OC)cc1. The predicted octanol–water partition coefficient (Wildman–Crippen LogP) is 3.26. The van der Waals surface area contributed by atoms with E-state index in [1.54, 1.807) is 7.11 Å². The van der Waals surface area contributed by atoms with E-state index in [2.05, 4.69) is 35.4 Å². The first kappa shape index (κ1) is 12.7. The van der Waals surface area contributed by atoms with Crippen molar-refractivity contribution in [3.63, 3.8) is 0 Å². The minimum absolute atomic E-state index is 0.374. The Hall–Kier alpha value is -1.74. The largest absolute Gasteiger partial charge is 0.497 e. The lowest BCUT2D eigenvalue weighted by atomic mass is 10.0. The molecule has 2 N–H and O–H groups in total. The van der Waals surface area contributed by atoms with E-state index in [0.29, 0.717) is 6.04 Å². The highest BCUT2D eigenvalue weighted by Crippen LogP contribution is 2.20. The zero-order valence-electron chi connectivity index (χ0n) is 10.9. The average molecular weight is 244 g/mol. The Morgan fingerprint density at radius 3 is 2.56 bits per heavy atom. The molecule has 0 aliphatic heterocycles. The molecule has 0 aliphatic rings. The summed E-state index contributed by atoms with van der Waals surface area (Å²) in [7, 11) is 1.69. The Kier molecular flexibility index (Phi) is 4.42. The normalized spacial score (nSPS) is 12.3. The van der Waals surface area contributed by atoms with Crippen LogP contribution in [-0.4, -0.2) is 12.1 Å². The zero-order chi connectivity index (χ0) is 12.8. The second kappa shape index (κ2) is 6.26. The fourth-order valence-electron chi connectivity index (χ4n) is 2.04. The molecule has 1 aromatic heterocycles. The van der Waals surface area contributed by atoms with Crippen molar-refractivity contribution in [1.82, 2.24) is 10.3 Å². The summed E-state index contributed by atoms with van der Waals surface area (Å²) >= 11 is 0. The number of methoxy groups -OCH3 is 1. The second-order valence-electron chi connectivity index (χ2n) is 4.31. The number of rotatable bonds is 6. The maximum atomic E-state index is 5.18. The maximum Gasteiger partial charge on any atom is 0.118 e. The van der Waals surface area contributed by atoms with Gasteiger partial charge in [-0.25, -0.2) is 0 Å². The van der Waals surface area contributed by atoms with Crippen LogP contribution in [0.25, 0.3) is 0 Å². The van der Waals surface area contributed by atoms with Gasteiger partial charge in [-0.15, -0.1) is 0 Å². The summed E-state index contributed by atoms with van der Waals surface area (Å²) in [5.74, 6) is 0.901. The van der Waals surface area contributed by atoms with E-state index in [1.165, 1.54) is 11.3 Å². The number of aromatic nitrogens is 1. The molecule has 2 rings (SSSR count). The van der Waals surface area contributed by atoms with Gasteiger partial charge in [-0.1, -0.05) is 19.1 Å². The lowest BCUT2D eigenvalue weighted by Gasteiger charge is -2.17. The predicted molar refractivity (Wildman–Crippen MR) is 73.7 cm³/mol. The molecule has 1 unspecified atom stereocenters. The second-order valence-corrected chi connectivity index (χ2v) is 4.31. The minimum Gasteiger partial charge on any atom is -0.497 e. The van der Waals surface area contributed by atoms with Crippen LogP contribution in [0.15, 0.2) is 42.6 Å². The maximum absolute atomic E-state index is 5.18. The first-order valence-electron chi connectivity index (χ1n) is 6.33. The molecule has 2 aromatic rings. The molecule has 1 aromatic carbocycles. The highest BCUT2D eigenvalue weighted by atomic mass is 16.5. The third-order valence-electron chi connectivity index (χ3n) is 3.13. The Bertz CT molecular complexity index is 448. The molecule has 3 nitrogen and oxygen atoms in total. The molecular formula is C15H20N2O. The standard InChI is InChI=1S/C15H20N2O/c1-3-15(17-11-13-5-4-10-16-13)12-6-8-14(18-2)9-7-12/h4-10,15-17H,3,11H2,1-2H3.